The van der Waals surface area contributed by atoms with Crippen molar-refractivity contribution in [2.45, 2.75) is 25.3 Å². The minimum Gasteiger partial charge on any atom is -0.383 e. The van der Waals surface area contributed by atoms with Crippen molar-refractivity contribution in [3.05, 3.63) is 47.8 Å². The van der Waals surface area contributed by atoms with Crippen molar-refractivity contribution in [2.24, 2.45) is 0 Å². The number of halogens is 1. The average Bonchev–Trinajstić information content (AvgIpc) is 3.19. The highest BCUT2D eigenvalue weighted by Gasteiger charge is 2.26. The Morgan fingerprint density at radius 2 is 2.11 bits per heavy atom. The SMILES string of the molecule is Nc1nc(NCc2cc(F)c3nc[nH]c3c2)ncc1-c1cc(C2CC2)[nH]n1. The molecule has 0 saturated heterocycles. The highest BCUT2D eigenvalue weighted by Crippen LogP contribution is 2.40. The van der Waals surface area contributed by atoms with Crippen molar-refractivity contribution in [3.8, 4) is 11.3 Å². The van der Waals surface area contributed by atoms with Gasteiger partial charge in [0.05, 0.1) is 23.1 Å². The highest BCUT2D eigenvalue weighted by molar-refractivity contribution is 5.76. The third-order valence-electron chi connectivity index (χ3n) is 4.70. The lowest BCUT2D eigenvalue weighted by molar-refractivity contribution is 0.635. The van der Waals surface area contributed by atoms with Crippen molar-refractivity contribution < 1.29 is 4.39 Å². The number of nitrogen functional groups attached to an aromatic ring is 1. The second kappa shape index (κ2) is 6.04. The zero-order chi connectivity index (χ0) is 18.4. The number of benzene rings is 1. The van der Waals surface area contributed by atoms with Gasteiger partial charge in [0.15, 0.2) is 5.82 Å². The van der Waals surface area contributed by atoms with E-state index in [2.05, 4.69) is 35.5 Å². The number of H-pyrrole nitrogens is 2. The molecule has 0 radical (unpaired) electrons. The largest absolute Gasteiger partial charge is 0.383 e. The first-order valence-electron chi connectivity index (χ1n) is 8.71. The van der Waals surface area contributed by atoms with Crippen LogP contribution in [-0.4, -0.2) is 30.1 Å². The molecule has 5 rings (SSSR count). The second-order valence-electron chi connectivity index (χ2n) is 6.71. The summed E-state index contributed by atoms with van der Waals surface area (Å²) in [4.78, 5) is 15.5. The summed E-state index contributed by atoms with van der Waals surface area (Å²) in [5, 5.41) is 10.4. The fourth-order valence-electron chi connectivity index (χ4n) is 3.10. The van der Waals surface area contributed by atoms with Crippen LogP contribution in [0.4, 0.5) is 16.2 Å². The molecule has 1 aliphatic rings. The molecule has 1 aromatic carbocycles. The number of nitrogens with two attached hydrogens (primary N) is 1. The Kier molecular flexibility index (Phi) is 3.52. The zero-order valence-corrected chi connectivity index (χ0v) is 14.3. The van der Waals surface area contributed by atoms with Gasteiger partial charge in [-0.2, -0.15) is 10.1 Å². The van der Waals surface area contributed by atoms with Gasteiger partial charge < -0.3 is 16.0 Å². The lowest BCUT2D eigenvalue weighted by atomic mass is 10.2. The minimum atomic E-state index is -0.369. The Hall–Kier alpha value is -3.49. The molecule has 3 heterocycles. The quantitative estimate of drug-likeness (QED) is 0.432. The topological polar surface area (TPSA) is 121 Å². The van der Waals surface area contributed by atoms with E-state index in [1.807, 2.05) is 12.1 Å². The van der Waals surface area contributed by atoms with Crippen molar-refractivity contribution in [2.75, 3.05) is 11.1 Å². The minimum absolute atomic E-state index is 0.327. The molecule has 1 saturated carbocycles. The van der Waals surface area contributed by atoms with Crippen LogP contribution in [-0.2, 0) is 6.54 Å². The summed E-state index contributed by atoms with van der Waals surface area (Å²) >= 11 is 0. The molecular weight excluding hydrogens is 347 g/mol. The summed E-state index contributed by atoms with van der Waals surface area (Å²) in [5.41, 5.74) is 10.4. The molecule has 0 bridgehead atoms. The van der Waals surface area contributed by atoms with Gasteiger partial charge in [0.2, 0.25) is 5.95 Å². The molecule has 4 aromatic rings. The second-order valence-corrected chi connectivity index (χ2v) is 6.71. The zero-order valence-electron chi connectivity index (χ0n) is 14.3. The maximum Gasteiger partial charge on any atom is 0.224 e. The molecular formula is C18H17FN8. The maximum absolute atomic E-state index is 14.0. The summed E-state index contributed by atoms with van der Waals surface area (Å²) < 4.78 is 14.0. The number of imidazole rings is 1. The van der Waals surface area contributed by atoms with Crippen LogP contribution >= 0.6 is 0 Å². The Morgan fingerprint density at radius 3 is 2.93 bits per heavy atom. The molecule has 0 atom stereocenters. The van der Waals surface area contributed by atoms with E-state index in [0.717, 1.165) is 17.0 Å². The Bertz CT molecular complexity index is 1130. The summed E-state index contributed by atoms with van der Waals surface area (Å²) in [5.74, 6) is 0.934. The van der Waals surface area contributed by atoms with Gasteiger partial charge in [-0.25, -0.2) is 14.4 Å². The number of nitrogens with zero attached hydrogens (tertiary/aromatic N) is 4. The summed E-state index contributed by atoms with van der Waals surface area (Å²) in [6.45, 7) is 0.360. The molecule has 136 valence electrons. The van der Waals surface area contributed by atoms with Crippen LogP contribution < -0.4 is 11.1 Å². The van der Waals surface area contributed by atoms with Gasteiger partial charge in [-0.1, -0.05) is 0 Å². The van der Waals surface area contributed by atoms with E-state index in [4.69, 9.17) is 5.73 Å². The van der Waals surface area contributed by atoms with E-state index >= 15 is 0 Å². The first kappa shape index (κ1) is 15.7. The van der Waals surface area contributed by atoms with Gasteiger partial charge in [0, 0.05) is 24.4 Å². The van der Waals surface area contributed by atoms with Gasteiger partial charge in [-0.05, 0) is 36.6 Å². The molecule has 0 amide bonds. The van der Waals surface area contributed by atoms with Gasteiger partial charge in [0.1, 0.15) is 11.3 Å². The summed E-state index contributed by atoms with van der Waals surface area (Å²) in [7, 11) is 0. The van der Waals surface area contributed by atoms with E-state index in [9.17, 15) is 4.39 Å². The molecule has 1 aliphatic carbocycles. The number of hydrogen-bond acceptors (Lipinski definition) is 6. The molecule has 0 spiro atoms. The van der Waals surface area contributed by atoms with E-state index in [1.54, 1.807) is 6.20 Å². The summed E-state index contributed by atoms with van der Waals surface area (Å²) in [6.07, 6.45) is 5.51. The molecule has 27 heavy (non-hydrogen) atoms. The molecule has 8 nitrogen and oxygen atoms in total. The Balaban J connectivity index is 1.33. The fraction of sp³-hybridized carbons (Fsp3) is 0.222. The number of hydrogen-bond donors (Lipinski definition) is 4. The van der Waals surface area contributed by atoms with E-state index in [0.29, 0.717) is 40.8 Å². The van der Waals surface area contributed by atoms with Crippen LogP contribution in [0.2, 0.25) is 0 Å². The van der Waals surface area contributed by atoms with Crippen LogP contribution in [0.15, 0.2) is 30.7 Å². The summed E-state index contributed by atoms with van der Waals surface area (Å²) in [6, 6.07) is 5.28. The number of aromatic nitrogens is 6. The van der Waals surface area contributed by atoms with Crippen LogP contribution in [0.5, 0.6) is 0 Å². The van der Waals surface area contributed by atoms with Gasteiger partial charge >= 0.3 is 0 Å². The molecule has 1 fully saturated rings. The van der Waals surface area contributed by atoms with Gasteiger partial charge in [0.25, 0.3) is 0 Å². The predicted octanol–water partition coefficient (Wildman–Crippen LogP) is 2.95. The van der Waals surface area contributed by atoms with Crippen LogP contribution in [0, 0.1) is 5.82 Å². The average molecular weight is 364 g/mol. The standard InChI is InChI=1S/C18H17FN8/c19-12-3-9(4-15-16(12)24-8-23-15)6-21-18-22-7-11(17(20)25-18)14-5-13(26-27-14)10-1-2-10/h3-5,7-8,10H,1-2,6H2,(H,23,24)(H,26,27)(H3,20,21,22,25). The van der Waals surface area contributed by atoms with Crippen molar-refractivity contribution >= 4 is 22.8 Å². The number of aromatic amines is 2. The molecule has 0 unspecified atom stereocenters. The monoisotopic (exact) mass is 364 g/mol. The van der Waals surface area contributed by atoms with Gasteiger partial charge in [-0.15, -0.1) is 0 Å². The van der Waals surface area contributed by atoms with Crippen LogP contribution in [0.3, 0.4) is 0 Å². The lowest BCUT2D eigenvalue weighted by Gasteiger charge is -2.08. The first-order chi connectivity index (χ1) is 13.2. The van der Waals surface area contributed by atoms with E-state index in [-0.39, 0.29) is 5.82 Å². The predicted molar refractivity (Wildman–Crippen MR) is 99.4 cm³/mol. The van der Waals surface area contributed by atoms with Crippen LogP contribution in [0.25, 0.3) is 22.3 Å². The highest BCUT2D eigenvalue weighted by atomic mass is 19.1. The Labute approximate surface area is 153 Å². The number of rotatable bonds is 5. The fourth-order valence-corrected chi connectivity index (χ4v) is 3.10. The van der Waals surface area contributed by atoms with Crippen LogP contribution in [0.1, 0.15) is 30.0 Å². The molecule has 9 heteroatoms. The molecule has 0 aliphatic heterocycles. The number of nitrogens with one attached hydrogen (secondary N) is 3. The van der Waals surface area contributed by atoms with Crippen molar-refractivity contribution in [1.82, 2.24) is 30.1 Å². The van der Waals surface area contributed by atoms with Crippen molar-refractivity contribution in [1.29, 1.82) is 0 Å². The van der Waals surface area contributed by atoms with Gasteiger partial charge in [-0.3, -0.25) is 5.10 Å². The molecule has 5 N–H and O–H groups in total. The lowest BCUT2D eigenvalue weighted by Crippen LogP contribution is -2.06. The maximum atomic E-state index is 14.0. The van der Waals surface area contributed by atoms with E-state index < -0.39 is 0 Å². The normalized spacial score (nSPS) is 14.0. The Morgan fingerprint density at radius 1 is 1.22 bits per heavy atom. The smallest absolute Gasteiger partial charge is 0.224 e. The third-order valence-corrected chi connectivity index (χ3v) is 4.70. The van der Waals surface area contributed by atoms with E-state index in [1.165, 1.54) is 25.2 Å². The molecule has 3 aromatic heterocycles. The van der Waals surface area contributed by atoms with Crippen molar-refractivity contribution in [3.63, 3.8) is 0 Å². The third kappa shape index (κ3) is 2.97. The number of anilines is 2. The number of fused-ring (bicyclic) bond motifs is 1. The first-order valence-corrected chi connectivity index (χ1v) is 8.71.